The summed E-state index contributed by atoms with van der Waals surface area (Å²) in [5.74, 6) is -1.56. The monoisotopic (exact) mass is 386 g/mol. The van der Waals surface area contributed by atoms with Crippen molar-refractivity contribution in [1.82, 2.24) is 10.3 Å². The number of hydrogen-bond acceptors (Lipinski definition) is 3. The number of rotatable bonds is 4. The normalized spacial score (nSPS) is 9.68. The third-order valence-electron chi connectivity index (χ3n) is 3.21. The summed E-state index contributed by atoms with van der Waals surface area (Å²) in [5.41, 5.74) is 1.02. The molecule has 0 aliphatic heterocycles. The Balaban J connectivity index is 0.00000156. The van der Waals surface area contributed by atoms with E-state index in [4.69, 9.17) is 4.42 Å². The van der Waals surface area contributed by atoms with Gasteiger partial charge in [-0.05, 0) is 18.2 Å². The molecule has 3 aromatic rings. The van der Waals surface area contributed by atoms with E-state index in [2.05, 4.69) is 10.3 Å². The molecule has 0 fully saturated rings. The Morgan fingerprint density at radius 3 is 2.48 bits per heavy atom. The summed E-state index contributed by atoms with van der Waals surface area (Å²) in [6.07, 6.45) is 1.23. The third-order valence-corrected chi connectivity index (χ3v) is 3.21. The first-order valence-electron chi connectivity index (χ1n) is 6.86. The van der Waals surface area contributed by atoms with E-state index in [9.17, 15) is 13.6 Å². The summed E-state index contributed by atoms with van der Waals surface area (Å²) in [7, 11) is 0. The van der Waals surface area contributed by atoms with E-state index in [1.165, 1.54) is 12.3 Å². The van der Waals surface area contributed by atoms with Crippen LogP contribution in [0.5, 0.6) is 0 Å². The Bertz CT molecular complexity index is 842. The first-order valence-corrected chi connectivity index (χ1v) is 6.86. The molecule has 1 N–H and O–H groups in total. The lowest BCUT2D eigenvalue weighted by Gasteiger charge is -2.04. The lowest BCUT2D eigenvalue weighted by atomic mass is 10.2. The Morgan fingerprint density at radius 2 is 1.80 bits per heavy atom. The molecule has 25 heavy (non-hydrogen) atoms. The van der Waals surface area contributed by atoms with Crippen LogP contribution in [0.3, 0.4) is 0 Å². The minimum atomic E-state index is -0.713. The van der Waals surface area contributed by atoms with Crippen LogP contribution < -0.4 is 5.32 Å². The van der Waals surface area contributed by atoms with Gasteiger partial charge in [0, 0.05) is 23.7 Å². The average Bonchev–Trinajstić information content (AvgIpc) is 3.05. The van der Waals surface area contributed by atoms with Crippen LogP contribution in [0.25, 0.3) is 11.5 Å². The second-order valence-corrected chi connectivity index (χ2v) is 4.82. The molecule has 0 spiro atoms. The summed E-state index contributed by atoms with van der Waals surface area (Å²) in [5, 5.41) is 2.52. The quantitative estimate of drug-likeness (QED) is 0.722. The van der Waals surface area contributed by atoms with Crippen LogP contribution in [0.4, 0.5) is 8.78 Å². The number of carbonyl (C=O) groups excluding carboxylic acids is 1. The molecule has 1 heterocycles. The van der Waals surface area contributed by atoms with Gasteiger partial charge in [-0.3, -0.25) is 4.79 Å². The number of aromatic nitrogens is 1. The Morgan fingerprint density at radius 1 is 1.08 bits per heavy atom. The maximum Gasteiger partial charge on any atom is 0.273 e. The fourth-order valence-corrected chi connectivity index (χ4v) is 2.02. The van der Waals surface area contributed by atoms with Crippen molar-refractivity contribution in [2.24, 2.45) is 0 Å². The van der Waals surface area contributed by atoms with Crippen molar-refractivity contribution in [1.29, 1.82) is 0 Å². The average molecular weight is 387 g/mol. The molecule has 3 rings (SSSR count). The van der Waals surface area contributed by atoms with Crippen LogP contribution in [-0.4, -0.2) is 10.9 Å². The molecule has 4 nitrogen and oxygen atoms in total. The molecule has 0 aliphatic rings. The molecule has 1 aromatic heterocycles. The van der Waals surface area contributed by atoms with Crippen molar-refractivity contribution in [2.75, 3.05) is 0 Å². The van der Waals surface area contributed by atoms with Gasteiger partial charge >= 0.3 is 0 Å². The summed E-state index contributed by atoms with van der Waals surface area (Å²) < 4.78 is 31.6. The highest BCUT2D eigenvalue weighted by atomic mass is 35.5. The number of carbonyl (C=O) groups is 1. The zero-order valence-electron chi connectivity index (χ0n) is 12.7. The van der Waals surface area contributed by atoms with E-state index in [0.717, 1.165) is 17.7 Å². The van der Waals surface area contributed by atoms with Gasteiger partial charge < -0.3 is 9.73 Å². The van der Waals surface area contributed by atoms with E-state index < -0.39 is 17.5 Å². The zero-order chi connectivity index (χ0) is 16.2. The second kappa shape index (κ2) is 9.15. The largest absolute Gasteiger partial charge is 0.444 e. The first kappa shape index (κ1) is 20.6. The topological polar surface area (TPSA) is 55.1 Å². The van der Waals surface area contributed by atoms with E-state index in [1.54, 1.807) is 12.1 Å². The highest BCUT2D eigenvalue weighted by molar-refractivity contribution is 5.92. The van der Waals surface area contributed by atoms with Crippen molar-refractivity contribution in [2.45, 2.75) is 6.54 Å². The summed E-state index contributed by atoms with van der Waals surface area (Å²) >= 11 is 0. The van der Waals surface area contributed by atoms with Crippen molar-refractivity contribution in [3.8, 4) is 11.5 Å². The molecule has 0 saturated heterocycles. The number of amides is 1. The van der Waals surface area contributed by atoms with Crippen LogP contribution in [0.2, 0.25) is 0 Å². The maximum absolute atomic E-state index is 13.5. The Kier molecular flexibility index (Phi) is 7.54. The lowest BCUT2D eigenvalue weighted by molar-refractivity contribution is 0.0945. The third kappa shape index (κ3) is 5.01. The smallest absolute Gasteiger partial charge is 0.273 e. The zero-order valence-corrected chi connectivity index (χ0v) is 14.4. The van der Waals surface area contributed by atoms with Gasteiger partial charge in [0.2, 0.25) is 5.89 Å². The van der Waals surface area contributed by atoms with Crippen LogP contribution in [0.1, 0.15) is 16.1 Å². The fraction of sp³-hybridized carbons (Fsp3) is 0.0588. The first-order chi connectivity index (χ1) is 11.1. The number of hydrogen-bond donors (Lipinski definition) is 1. The number of oxazole rings is 1. The molecule has 8 heteroatoms. The van der Waals surface area contributed by atoms with Gasteiger partial charge in [-0.15, -0.1) is 24.8 Å². The highest BCUT2D eigenvalue weighted by Crippen LogP contribution is 2.18. The van der Waals surface area contributed by atoms with Gasteiger partial charge in [0.15, 0.2) is 5.69 Å². The minimum Gasteiger partial charge on any atom is -0.444 e. The van der Waals surface area contributed by atoms with Gasteiger partial charge in [0.25, 0.3) is 5.91 Å². The Labute approximate surface area is 155 Å². The number of benzene rings is 2. The summed E-state index contributed by atoms with van der Waals surface area (Å²) in [4.78, 5) is 16.1. The maximum atomic E-state index is 13.5. The SMILES string of the molecule is Cl.Cl.O=C(NCc1ccc(F)cc1F)c1coc(-c2ccccc2)n1. The van der Waals surface area contributed by atoms with Gasteiger partial charge in [0.1, 0.15) is 17.9 Å². The van der Waals surface area contributed by atoms with Crippen LogP contribution in [0.15, 0.2) is 59.2 Å². The summed E-state index contributed by atoms with van der Waals surface area (Å²) in [6, 6.07) is 12.3. The van der Waals surface area contributed by atoms with Gasteiger partial charge in [0.05, 0.1) is 0 Å². The lowest BCUT2D eigenvalue weighted by Crippen LogP contribution is -2.23. The van der Waals surface area contributed by atoms with Gasteiger partial charge in [-0.25, -0.2) is 13.8 Å². The minimum absolute atomic E-state index is 0. The number of nitrogens with zero attached hydrogens (tertiary/aromatic N) is 1. The fourth-order valence-electron chi connectivity index (χ4n) is 2.02. The predicted molar refractivity (Wildman–Crippen MR) is 94.0 cm³/mol. The van der Waals surface area contributed by atoms with E-state index >= 15 is 0 Å². The van der Waals surface area contributed by atoms with Gasteiger partial charge in [-0.1, -0.05) is 24.3 Å². The Hall–Kier alpha value is -2.44. The molecular weight excluding hydrogens is 373 g/mol. The second-order valence-electron chi connectivity index (χ2n) is 4.82. The molecule has 0 aliphatic carbocycles. The van der Waals surface area contributed by atoms with Crippen LogP contribution in [0, 0.1) is 11.6 Å². The molecule has 0 atom stereocenters. The number of halogens is 4. The molecule has 132 valence electrons. The van der Waals surface area contributed by atoms with Crippen molar-refractivity contribution < 1.29 is 18.0 Å². The van der Waals surface area contributed by atoms with Crippen LogP contribution in [-0.2, 0) is 6.54 Å². The summed E-state index contributed by atoms with van der Waals surface area (Å²) in [6.45, 7) is -0.0710. The van der Waals surface area contributed by atoms with Gasteiger partial charge in [-0.2, -0.15) is 0 Å². The van der Waals surface area contributed by atoms with E-state index in [1.807, 2.05) is 18.2 Å². The standard InChI is InChI=1S/C17H12F2N2O2.2ClH/c18-13-7-6-12(14(19)8-13)9-20-16(22)15-10-23-17(21-15)11-4-2-1-3-5-11;;/h1-8,10H,9H2,(H,20,22);2*1H. The molecule has 0 bridgehead atoms. The van der Waals surface area contributed by atoms with Crippen LogP contribution >= 0.6 is 24.8 Å². The van der Waals surface area contributed by atoms with Crippen molar-refractivity contribution >= 4 is 30.7 Å². The molecule has 2 aromatic carbocycles. The molecule has 1 amide bonds. The van der Waals surface area contributed by atoms with Crippen molar-refractivity contribution in [3.05, 3.63) is 77.7 Å². The van der Waals surface area contributed by atoms with E-state index in [0.29, 0.717) is 5.89 Å². The van der Waals surface area contributed by atoms with E-state index in [-0.39, 0.29) is 42.6 Å². The molecule has 0 saturated carbocycles. The highest BCUT2D eigenvalue weighted by Gasteiger charge is 2.14. The molecule has 0 radical (unpaired) electrons. The molecular formula is C17H14Cl2F2N2O2. The predicted octanol–water partition coefficient (Wildman–Crippen LogP) is 4.39. The van der Waals surface area contributed by atoms with Crippen molar-refractivity contribution in [3.63, 3.8) is 0 Å². The molecule has 0 unspecified atom stereocenters. The number of nitrogens with one attached hydrogen (secondary N) is 1.